The van der Waals surface area contributed by atoms with E-state index in [9.17, 15) is 0 Å². The van der Waals surface area contributed by atoms with Gasteiger partial charge in [-0.15, -0.1) is 0 Å². The van der Waals surface area contributed by atoms with Gasteiger partial charge >= 0.3 is 148 Å². The first-order chi connectivity index (χ1) is 12.3. The molecule has 3 aromatic carbocycles. The van der Waals surface area contributed by atoms with Crippen LogP contribution in [-0.2, 0) is 7.18 Å². The van der Waals surface area contributed by atoms with Crippen LogP contribution in [0.5, 0.6) is 0 Å². The number of benzene rings is 3. The van der Waals surface area contributed by atoms with Crippen molar-refractivity contribution in [2.24, 2.45) is 0 Å². The van der Waals surface area contributed by atoms with Gasteiger partial charge in [0, 0.05) is 0 Å². The van der Waals surface area contributed by atoms with Crippen LogP contribution in [0.15, 0.2) is 91.0 Å². The van der Waals surface area contributed by atoms with Gasteiger partial charge in [-0.1, -0.05) is 0 Å². The molecule has 0 aliphatic heterocycles. The van der Waals surface area contributed by atoms with Crippen LogP contribution in [-0.4, -0.2) is 14.1 Å². The summed E-state index contributed by atoms with van der Waals surface area (Å²) in [6.07, 6.45) is 0. The Kier molecular flexibility index (Phi) is 9.94. The minimum absolute atomic E-state index is 1.22. The molecule has 0 heterocycles. The number of rotatable bonds is 6. The Morgan fingerprint density at radius 1 is 0.520 bits per heavy atom. The molecule has 25 heavy (non-hydrogen) atoms. The molecule has 134 valence electrons. The van der Waals surface area contributed by atoms with Crippen molar-refractivity contribution >= 4 is 0 Å². The van der Waals surface area contributed by atoms with E-state index in [-0.39, 0.29) is 0 Å². The second-order valence-corrected chi connectivity index (χ2v) is 11.3. The van der Waals surface area contributed by atoms with E-state index in [0.29, 0.717) is 0 Å². The number of nitrogens with one attached hydrogen (secondary N) is 1. The Labute approximate surface area is 165 Å². The molecule has 0 saturated carbocycles. The molecule has 0 radical (unpaired) electrons. The van der Waals surface area contributed by atoms with Crippen molar-refractivity contribution in [2.45, 2.75) is 7.18 Å². The zero-order chi connectivity index (χ0) is 17.7. The molecule has 0 spiro atoms. The fraction of sp³-hybridized carbons (Fsp3) is 0.217. The molecular weight excluding hydrogens is 449 g/mol. The SMILES string of the molecule is CNC.c1ccc([CH2][Tb]([CH2]c2ccccc2)[CH2]c2ccccc2)cc1. The first-order valence-corrected chi connectivity index (χ1v) is 13.0. The summed E-state index contributed by atoms with van der Waals surface area (Å²) in [7, 11) is 3.75. The summed E-state index contributed by atoms with van der Waals surface area (Å²) < 4.78 is 3.89. The topological polar surface area (TPSA) is 12.0 Å². The first kappa shape index (κ1) is 20.2. The quantitative estimate of drug-likeness (QED) is 0.525. The van der Waals surface area contributed by atoms with Crippen molar-refractivity contribution in [3.8, 4) is 0 Å². The number of hydrogen-bond donors (Lipinski definition) is 1. The zero-order valence-electron chi connectivity index (χ0n) is 15.1. The van der Waals surface area contributed by atoms with E-state index in [1.54, 1.807) is 0 Å². The van der Waals surface area contributed by atoms with Crippen molar-refractivity contribution in [1.82, 2.24) is 5.32 Å². The van der Waals surface area contributed by atoms with Crippen LogP contribution in [0.4, 0.5) is 0 Å². The monoisotopic (exact) mass is 477 g/mol. The van der Waals surface area contributed by atoms with Crippen molar-refractivity contribution in [3.63, 3.8) is 0 Å². The van der Waals surface area contributed by atoms with E-state index in [2.05, 4.69) is 96.3 Å². The zero-order valence-corrected chi connectivity index (χ0v) is 17.3. The Morgan fingerprint density at radius 2 is 0.760 bits per heavy atom. The van der Waals surface area contributed by atoms with Crippen LogP contribution in [0, 0.1) is 32.7 Å². The molecule has 0 bridgehead atoms. The van der Waals surface area contributed by atoms with Crippen LogP contribution in [0.2, 0.25) is 0 Å². The van der Waals surface area contributed by atoms with Crippen molar-refractivity contribution in [3.05, 3.63) is 108 Å². The van der Waals surface area contributed by atoms with Crippen LogP contribution < -0.4 is 5.32 Å². The third-order valence-corrected chi connectivity index (χ3v) is 9.26. The van der Waals surface area contributed by atoms with E-state index in [4.69, 9.17) is 0 Å². The van der Waals surface area contributed by atoms with Crippen LogP contribution in [0.25, 0.3) is 0 Å². The molecule has 3 aromatic rings. The third-order valence-electron chi connectivity index (χ3n) is 3.44. The third kappa shape index (κ3) is 8.22. The maximum absolute atomic E-state index is 2.75. The average Bonchev–Trinajstić information content (AvgIpc) is 2.65. The molecule has 1 nitrogen and oxygen atoms in total. The Morgan fingerprint density at radius 3 is 1.00 bits per heavy atom. The van der Waals surface area contributed by atoms with E-state index >= 15 is 0 Å². The van der Waals surface area contributed by atoms with Gasteiger partial charge in [-0.2, -0.15) is 0 Å². The van der Waals surface area contributed by atoms with E-state index in [1.165, 1.54) is 23.9 Å². The molecule has 0 saturated heterocycles. The van der Waals surface area contributed by atoms with Gasteiger partial charge in [0.2, 0.25) is 0 Å². The fourth-order valence-corrected chi connectivity index (χ4v) is 8.39. The normalized spacial score (nSPS) is 10.6. The second kappa shape index (κ2) is 12.3. The second-order valence-electron chi connectivity index (χ2n) is 5.81. The molecule has 0 unspecified atom stereocenters. The molecule has 0 aliphatic rings. The van der Waals surface area contributed by atoms with Gasteiger partial charge in [-0.05, 0) is 14.1 Å². The van der Waals surface area contributed by atoms with E-state index in [0.717, 1.165) is 0 Å². The summed E-state index contributed by atoms with van der Waals surface area (Å²) >= 11 is -1.22. The molecule has 2 heteroatoms. The summed E-state index contributed by atoms with van der Waals surface area (Å²) in [6, 6.07) is 33.0. The average molecular weight is 477 g/mol. The predicted octanol–water partition coefficient (Wildman–Crippen LogP) is 5.04. The molecule has 0 atom stereocenters. The minimum atomic E-state index is -1.22. The Bertz CT molecular complexity index is 584. The summed E-state index contributed by atoms with van der Waals surface area (Å²) in [4.78, 5) is 0. The van der Waals surface area contributed by atoms with Gasteiger partial charge in [-0.3, -0.25) is 0 Å². The molecule has 0 aliphatic carbocycles. The van der Waals surface area contributed by atoms with Gasteiger partial charge in [0.15, 0.2) is 0 Å². The molecule has 0 aromatic heterocycles. The van der Waals surface area contributed by atoms with Gasteiger partial charge in [-0.25, -0.2) is 0 Å². The first-order valence-electron chi connectivity index (χ1n) is 8.50. The summed E-state index contributed by atoms with van der Waals surface area (Å²) in [5.41, 5.74) is 4.51. The van der Waals surface area contributed by atoms with E-state index in [1.807, 2.05) is 14.1 Å². The van der Waals surface area contributed by atoms with Crippen molar-refractivity contribution in [2.75, 3.05) is 14.1 Å². The van der Waals surface area contributed by atoms with Crippen molar-refractivity contribution < 1.29 is 32.7 Å². The molecule has 3 rings (SSSR count). The van der Waals surface area contributed by atoms with Crippen molar-refractivity contribution in [1.29, 1.82) is 0 Å². The van der Waals surface area contributed by atoms with E-state index < -0.39 is 32.7 Å². The standard InChI is InChI=1S/3C7H7.C2H7N.Tb/c3*1-7-5-3-2-4-6-7;1-3-2;/h3*2-6H,1H2;3H,1-2H3;. The molecule has 1 N–H and O–H groups in total. The predicted molar refractivity (Wildman–Crippen MR) is 105 cm³/mol. The summed E-state index contributed by atoms with van der Waals surface area (Å²) in [6.45, 7) is 0. The summed E-state index contributed by atoms with van der Waals surface area (Å²) in [5, 5.41) is 2.75. The molecule has 0 amide bonds. The van der Waals surface area contributed by atoms with Crippen LogP contribution in [0.1, 0.15) is 16.7 Å². The van der Waals surface area contributed by atoms with Gasteiger partial charge in [0.1, 0.15) is 0 Å². The van der Waals surface area contributed by atoms with Gasteiger partial charge < -0.3 is 5.32 Å². The maximum atomic E-state index is 2.75. The van der Waals surface area contributed by atoms with Crippen LogP contribution >= 0.6 is 0 Å². The molecular formula is C23H28NTb. The Balaban J connectivity index is 0.000000701. The fourth-order valence-electron chi connectivity index (χ4n) is 2.37. The Hall–Kier alpha value is -1.09. The molecule has 0 fully saturated rings. The van der Waals surface area contributed by atoms with Crippen LogP contribution in [0.3, 0.4) is 0 Å². The van der Waals surface area contributed by atoms with Gasteiger partial charge in [0.25, 0.3) is 0 Å². The van der Waals surface area contributed by atoms with Gasteiger partial charge in [0.05, 0.1) is 0 Å². The number of hydrogen-bond acceptors (Lipinski definition) is 1. The summed E-state index contributed by atoms with van der Waals surface area (Å²) in [5.74, 6) is 0.